The molecule has 0 saturated carbocycles. The molecule has 0 unspecified atom stereocenters. The molecule has 0 radical (unpaired) electrons. The molecule has 3 aromatic carbocycles. The third-order valence-corrected chi connectivity index (χ3v) is 5.09. The first-order chi connectivity index (χ1) is 14.9. The van der Waals surface area contributed by atoms with Gasteiger partial charge in [-0.05, 0) is 60.7 Å². The van der Waals surface area contributed by atoms with Crippen molar-refractivity contribution in [1.82, 2.24) is 5.43 Å². The summed E-state index contributed by atoms with van der Waals surface area (Å²) in [6.45, 7) is 0. The van der Waals surface area contributed by atoms with Crippen molar-refractivity contribution in [2.75, 3.05) is 7.11 Å². The van der Waals surface area contributed by atoms with E-state index in [2.05, 4.69) is 26.5 Å². The number of amides is 1. The highest BCUT2D eigenvalue weighted by atomic mass is 79.9. The van der Waals surface area contributed by atoms with Gasteiger partial charge in [0.2, 0.25) is 0 Å². The Morgan fingerprint density at radius 1 is 1.03 bits per heavy atom. The summed E-state index contributed by atoms with van der Waals surface area (Å²) in [7, 11) is 1.54. The van der Waals surface area contributed by atoms with Crippen LogP contribution in [0.1, 0.15) is 26.3 Å². The molecule has 0 spiro atoms. The normalized spacial score (nSPS) is 10.7. The lowest BCUT2D eigenvalue weighted by Gasteiger charge is -2.09. The summed E-state index contributed by atoms with van der Waals surface area (Å²) in [5.74, 6) is -0.155. The van der Waals surface area contributed by atoms with Crippen LogP contribution in [0.2, 0.25) is 10.0 Å². The van der Waals surface area contributed by atoms with Crippen LogP contribution in [0.15, 0.2) is 70.2 Å². The maximum atomic E-state index is 12.5. The number of carbonyl (C=O) groups is 2. The molecule has 0 aliphatic rings. The van der Waals surface area contributed by atoms with Crippen LogP contribution < -0.4 is 14.9 Å². The number of benzene rings is 3. The first-order valence-corrected chi connectivity index (χ1v) is 10.4. The molecule has 9 heteroatoms. The molecule has 0 heterocycles. The largest absolute Gasteiger partial charge is 0.497 e. The van der Waals surface area contributed by atoms with Crippen molar-refractivity contribution >= 4 is 57.2 Å². The number of nitrogens with one attached hydrogen (secondary N) is 1. The van der Waals surface area contributed by atoms with E-state index in [1.54, 1.807) is 55.6 Å². The zero-order chi connectivity index (χ0) is 22.4. The first-order valence-electron chi connectivity index (χ1n) is 8.81. The van der Waals surface area contributed by atoms with Crippen molar-refractivity contribution in [3.8, 4) is 11.5 Å². The van der Waals surface area contributed by atoms with Crippen molar-refractivity contribution in [3.05, 3.63) is 91.9 Å². The Labute approximate surface area is 196 Å². The van der Waals surface area contributed by atoms with Gasteiger partial charge < -0.3 is 9.47 Å². The molecule has 0 bridgehead atoms. The van der Waals surface area contributed by atoms with E-state index in [0.29, 0.717) is 21.9 Å². The monoisotopic (exact) mass is 520 g/mol. The van der Waals surface area contributed by atoms with Crippen molar-refractivity contribution < 1.29 is 19.1 Å². The summed E-state index contributed by atoms with van der Waals surface area (Å²) in [6.07, 6.45) is 1.36. The SMILES string of the molecule is COc1ccc(C(=O)Oc2ccc(Br)cc2C=NNC(=O)c2ccc(Cl)cc2Cl)cc1. The predicted molar refractivity (Wildman–Crippen MR) is 124 cm³/mol. The van der Waals surface area contributed by atoms with Crippen LogP contribution in [-0.2, 0) is 0 Å². The average Bonchev–Trinajstić information content (AvgIpc) is 2.75. The average molecular weight is 522 g/mol. The quantitative estimate of drug-likeness (QED) is 0.194. The first kappa shape index (κ1) is 22.8. The molecule has 0 saturated heterocycles. The fourth-order valence-corrected chi connectivity index (χ4v) is 3.37. The van der Waals surface area contributed by atoms with Crippen LogP contribution in [0.4, 0.5) is 0 Å². The second-order valence-corrected chi connectivity index (χ2v) is 7.88. The summed E-state index contributed by atoms with van der Waals surface area (Å²) in [4.78, 5) is 24.7. The summed E-state index contributed by atoms with van der Waals surface area (Å²) in [5.41, 5.74) is 3.44. The van der Waals surface area contributed by atoms with Crippen LogP contribution in [0.25, 0.3) is 0 Å². The van der Waals surface area contributed by atoms with Gasteiger partial charge in [0.1, 0.15) is 11.5 Å². The Kier molecular flexibility index (Phi) is 7.68. The molecule has 6 nitrogen and oxygen atoms in total. The number of hydrazone groups is 1. The molecular formula is C22H15BrCl2N2O4. The highest BCUT2D eigenvalue weighted by Crippen LogP contribution is 2.24. The number of rotatable bonds is 6. The van der Waals surface area contributed by atoms with Gasteiger partial charge in [-0.2, -0.15) is 5.10 Å². The Hall–Kier alpha value is -2.87. The third-order valence-electron chi connectivity index (χ3n) is 4.05. The van der Waals surface area contributed by atoms with Crippen LogP contribution in [0.5, 0.6) is 11.5 Å². The third kappa shape index (κ3) is 6.07. The maximum absolute atomic E-state index is 12.5. The zero-order valence-electron chi connectivity index (χ0n) is 16.1. The number of carbonyl (C=O) groups excluding carboxylic acids is 2. The van der Waals surface area contributed by atoms with E-state index in [1.165, 1.54) is 18.3 Å². The smallest absolute Gasteiger partial charge is 0.343 e. The van der Waals surface area contributed by atoms with Gasteiger partial charge in [0.15, 0.2) is 0 Å². The molecule has 3 aromatic rings. The van der Waals surface area contributed by atoms with Crippen LogP contribution >= 0.6 is 39.1 Å². The lowest BCUT2D eigenvalue weighted by molar-refractivity contribution is 0.0734. The Bertz CT molecular complexity index is 1150. The highest BCUT2D eigenvalue weighted by molar-refractivity contribution is 9.10. The van der Waals surface area contributed by atoms with Gasteiger partial charge in [0.25, 0.3) is 5.91 Å². The molecule has 0 atom stereocenters. The molecular weight excluding hydrogens is 507 g/mol. The van der Waals surface area contributed by atoms with E-state index in [9.17, 15) is 9.59 Å². The number of esters is 1. The summed E-state index contributed by atoms with van der Waals surface area (Å²) in [5, 5.41) is 4.57. The minimum absolute atomic E-state index is 0.205. The van der Waals surface area contributed by atoms with Gasteiger partial charge in [0, 0.05) is 15.1 Å². The standard InChI is InChI=1S/C22H15BrCl2N2O4/c1-30-17-6-2-13(3-7-17)22(29)31-20-9-4-15(23)10-14(20)12-26-27-21(28)18-8-5-16(24)11-19(18)25/h2-12H,1H3,(H,27,28). The highest BCUT2D eigenvalue weighted by Gasteiger charge is 2.13. The van der Waals surface area contributed by atoms with Crippen LogP contribution in [-0.4, -0.2) is 25.2 Å². The molecule has 0 aliphatic carbocycles. The second-order valence-electron chi connectivity index (χ2n) is 6.12. The van der Waals surface area contributed by atoms with Crippen LogP contribution in [0, 0.1) is 0 Å². The van der Waals surface area contributed by atoms with Gasteiger partial charge in [-0.25, -0.2) is 10.2 Å². The van der Waals surface area contributed by atoms with E-state index < -0.39 is 11.9 Å². The molecule has 0 aromatic heterocycles. The van der Waals surface area contributed by atoms with Gasteiger partial charge >= 0.3 is 5.97 Å². The summed E-state index contributed by atoms with van der Waals surface area (Å²) in [6, 6.07) is 16.1. The molecule has 1 amide bonds. The van der Waals surface area contributed by atoms with E-state index in [4.69, 9.17) is 32.7 Å². The van der Waals surface area contributed by atoms with Gasteiger partial charge in [-0.3, -0.25) is 4.79 Å². The number of methoxy groups -OCH3 is 1. The Balaban J connectivity index is 1.74. The molecule has 158 valence electrons. The number of nitrogens with zero attached hydrogens (tertiary/aromatic N) is 1. The lowest BCUT2D eigenvalue weighted by atomic mass is 10.2. The summed E-state index contributed by atoms with van der Waals surface area (Å²) < 4.78 is 11.3. The fraction of sp³-hybridized carbons (Fsp3) is 0.0455. The number of ether oxygens (including phenoxy) is 2. The van der Waals surface area contributed by atoms with Crippen molar-refractivity contribution in [3.63, 3.8) is 0 Å². The van der Waals surface area contributed by atoms with E-state index >= 15 is 0 Å². The van der Waals surface area contributed by atoms with Gasteiger partial charge in [-0.15, -0.1) is 0 Å². The summed E-state index contributed by atoms with van der Waals surface area (Å²) >= 11 is 15.2. The van der Waals surface area contributed by atoms with E-state index in [-0.39, 0.29) is 16.3 Å². The van der Waals surface area contributed by atoms with Crippen molar-refractivity contribution in [2.45, 2.75) is 0 Å². The number of hydrogen-bond donors (Lipinski definition) is 1. The number of hydrogen-bond acceptors (Lipinski definition) is 5. The molecule has 1 N–H and O–H groups in total. The Morgan fingerprint density at radius 2 is 1.77 bits per heavy atom. The molecule has 0 fully saturated rings. The molecule has 0 aliphatic heterocycles. The molecule has 3 rings (SSSR count). The van der Waals surface area contributed by atoms with Crippen molar-refractivity contribution in [2.24, 2.45) is 5.10 Å². The molecule has 31 heavy (non-hydrogen) atoms. The second kappa shape index (κ2) is 10.4. The zero-order valence-corrected chi connectivity index (χ0v) is 19.2. The van der Waals surface area contributed by atoms with Gasteiger partial charge in [-0.1, -0.05) is 39.1 Å². The topological polar surface area (TPSA) is 77.0 Å². The lowest BCUT2D eigenvalue weighted by Crippen LogP contribution is -2.18. The van der Waals surface area contributed by atoms with Gasteiger partial charge in [0.05, 0.1) is 29.5 Å². The minimum atomic E-state index is -0.545. The van der Waals surface area contributed by atoms with E-state index in [1.807, 2.05) is 0 Å². The predicted octanol–water partition coefficient (Wildman–Crippen LogP) is 5.75. The fourth-order valence-electron chi connectivity index (χ4n) is 2.49. The number of halogens is 3. The minimum Gasteiger partial charge on any atom is -0.497 e. The Morgan fingerprint density at radius 3 is 2.45 bits per heavy atom. The maximum Gasteiger partial charge on any atom is 0.343 e. The van der Waals surface area contributed by atoms with Crippen molar-refractivity contribution in [1.29, 1.82) is 0 Å². The van der Waals surface area contributed by atoms with E-state index in [0.717, 1.165) is 4.47 Å². The van der Waals surface area contributed by atoms with Crippen LogP contribution in [0.3, 0.4) is 0 Å².